The molecule has 0 radical (unpaired) electrons. The fraction of sp³-hybridized carbons (Fsp3) is 0.304. The lowest BCUT2D eigenvalue weighted by atomic mass is 10.2. The summed E-state index contributed by atoms with van der Waals surface area (Å²) >= 11 is 3.07. The molecule has 1 aromatic carbocycles. The molecule has 4 nitrogen and oxygen atoms in total. The number of amides is 2. The number of carbonyl (C=O) groups is 2. The Morgan fingerprint density at radius 2 is 1.69 bits per heavy atom. The van der Waals surface area contributed by atoms with E-state index in [0.29, 0.717) is 18.0 Å². The molecule has 0 saturated heterocycles. The molecule has 0 fully saturated rings. The molecule has 0 aliphatic heterocycles. The number of hydrogen-bond donors (Lipinski definition) is 0. The van der Waals surface area contributed by atoms with Gasteiger partial charge in [-0.3, -0.25) is 9.59 Å². The lowest BCUT2D eigenvalue weighted by Crippen LogP contribution is -2.45. The van der Waals surface area contributed by atoms with E-state index >= 15 is 0 Å². The van der Waals surface area contributed by atoms with Gasteiger partial charge in [-0.25, -0.2) is 0 Å². The molecule has 29 heavy (non-hydrogen) atoms. The van der Waals surface area contributed by atoms with E-state index < -0.39 is 0 Å². The van der Waals surface area contributed by atoms with Crippen LogP contribution in [0.2, 0.25) is 0 Å². The van der Waals surface area contributed by atoms with Crippen LogP contribution in [-0.2, 0) is 17.9 Å². The van der Waals surface area contributed by atoms with Crippen LogP contribution in [0, 0.1) is 6.92 Å². The predicted molar refractivity (Wildman–Crippen MR) is 120 cm³/mol. The lowest BCUT2D eigenvalue weighted by Gasteiger charge is -2.30. The average Bonchev–Trinajstić information content (AvgIpc) is 3.38. The predicted octanol–water partition coefficient (Wildman–Crippen LogP) is 5.20. The fourth-order valence-electron chi connectivity index (χ4n) is 3.05. The lowest BCUT2D eigenvalue weighted by molar-refractivity contribution is -0.133. The maximum absolute atomic E-state index is 13.3. The minimum Gasteiger partial charge on any atom is -0.332 e. The van der Waals surface area contributed by atoms with Crippen molar-refractivity contribution in [2.45, 2.75) is 39.9 Å². The third-order valence-corrected chi connectivity index (χ3v) is 6.66. The van der Waals surface area contributed by atoms with E-state index in [1.54, 1.807) is 16.2 Å². The van der Waals surface area contributed by atoms with Gasteiger partial charge in [0.2, 0.25) is 5.91 Å². The van der Waals surface area contributed by atoms with Gasteiger partial charge >= 0.3 is 0 Å². The topological polar surface area (TPSA) is 40.6 Å². The smallest absolute Gasteiger partial charge is 0.264 e. The van der Waals surface area contributed by atoms with Crippen molar-refractivity contribution in [3.8, 4) is 0 Å². The van der Waals surface area contributed by atoms with Gasteiger partial charge in [-0.15, -0.1) is 22.7 Å². The number of aryl methyl sites for hydroxylation is 1. The molecule has 0 saturated carbocycles. The van der Waals surface area contributed by atoms with Crippen LogP contribution >= 0.6 is 22.7 Å². The van der Waals surface area contributed by atoms with Crippen molar-refractivity contribution in [2.75, 3.05) is 6.54 Å². The quantitative estimate of drug-likeness (QED) is 0.497. The van der Waals surface area contributed by atoms with Crippen LogP contribution < -0.4 is 0 Å². The first-order chi connectivity index (χ1) is 14.0. The Balaban J connectivity index is 1.80. The van der Waals surface area contributed by atoms with Crippen molar-refractivity contribution in [3.63, 3.8) is 0 Å². The van der Waals surface area contributed by atoms with Crippen LogP contribution in [0.15, 0.2) is 59.3 Å². The molecule has 3 rings (SSSR count). The summed E-state index contributed by atoms with van der Waals surface area (Å²) in [6, 6.07) is 15.7. The Bertz CT molecular complexity index is 933. The van der Waals surface area contributed by atoms with Crippen LogP contribution in [-0.4, -0.2) is 34.2 Å². The van der Waals surface area contributed by atoms with Gasteiger partial charge in [0.05, 0.1) is 11.4 Å². The number of thiophene rings is 2. The molecule has 2 aromatic heterocycles. The zero-order valence-corrected chi connectivity index (χ0v) is 18.6. The molecule has 2 heterocycles. The van der Waals surface area contributed by atoms with Crippen LogP contribution in [0.5, 0.6) is 0 Å². The van der Waals surface area contributed by atoms with Crippen LogP contribution in [0.4, 0.5) is 0 Å². The van der Waals surface area contributed by atoms with Crippen molar-refractivity contribution >= 4 is 34.5 Å². The first-order valence-electron chi connectivity index (χ1n) is 9.65. The van der Waals surface area contributed by atoms with Gasteiger partial charge < -0.3 is 9.80 Å². The SMILES string of the molecule is Cc1ccsc1CN(Cc1ccccc1)C(=O)CN(C(=O)c1cccs1)C(C)C. The standard InChI is InChI=1S/C23H26N2O2S2/c1-17(2)25(23(27)20-10-7-12-28-20)16-22(26)24(14-19-8-5-4-6-9-19)15-21-18(3)11-13-29-21/h4-13,17H,14-16H2,1-3H3. The molecule has 152 valence electrons. The van der Waals surface area contributed by atoms with E-state index in [-0.39, 0.29) is 24.4 Å². The summed E-state index contributed by atoms with van der Waals surface area (Å²) in [5.74, 6) is -0.129. The molecule has 0 aliphatic carbocycles. The van der Waals surface area contributed by atoms with Crippen LogP contribution in [0.1, 0.15) is 39.5 Å². The van der Waals surface area contributed by atoms with Gasteiger partial charge in [-0.2, -0.15) is 0 Å². The van der Waals surface area contributed by atoms with Crippen molar-refractivity contribution in [1.82, 2.24) is 9.80 Å². The van der Waals surface area contributed by atoms with Crippen molar-refractivity contribution in [1.29, 1.82) is 0 Å². The molecule has 0 bridgehead atoms. The summed E-state index contributed by atoms with van der Waals surface area (Å²) in [6.07, 6.45) is 0. The minimum atomic E-state index is -0.0877. The summed E-state index contributed by atoms with van der Waals surface area (Å²) in [5.41, 5.74) is 2.27. The first-order valence-corrected chi connectivity index (χ1v) is 11.4. The second kappa shape index (κ2) is 9.85. The van der Waals surface area contributed by atoms with E-state index in [4.69, 9.17) is 0 Å². The first kappa shape index (κ1) is 21.3. The Kier molecular flexibility index (Phi) is 7.23. The third-order valence-electron chi connectivity index (χ3n) is 4.79. The molecular formula is C23H26N2O2S2. The fourth-order valence-corrected chi connectivity index (χ4v) is 4.65. The highest BCUT2D eigenvalue weighted by atomic mass is 32.1. The largest absolute Gasteiger partial charge is 0.332 e. The molecular weight excluding hydrogens is 400 g/mol. The molecule has 6 heteroatoms. The third kappa shape index (κ3) is 5.55. The number of nitrogens with zero attached hydrogens (tertiary/aromatic N) is 2. The van der Waals surface area contributed by atoms with Crippen molar-refractivity contribution < 1.29 is 9.59 Å². The summed E-state index contributed by atoms with van der Waals surface area (Å²) in [6.45, 7) is 7.11. The summed E-state index contributed by atoms with van der Waals surface area (Å²) in [7, 11) is 0. The summed E-state index contributed by atoms with van der Waals surface area (Å²) in [5, 5.41) is 3.94. The van der Waals surface area contributed by atoms with Crippen LogP contribution in [0.3, 0.4) is 0 Å². The van der Waals surface area contributed by atoms with E-state index in [1.165, 1.54) is 21.8 Å². The zero-order chi connectivity index (χ0) is 20.8. The monoisotopic (exact) mass is 426 g/mol. The molecule has 2 amide bonds. The Morgan fingerprint density at radius 3 is 2.28 bits per heavy atom. The number of hydrogen-bond acceptors (Lipinski definition) is 4. The maximum atomic E-state index is 13.3. The number of benzene rings is 1. The van der Waals surface area contributed by atoms with E-state index in [0.717, 1.165) is 5.56 Å². The maximum Gasteiger partial charge on any atom is 0.264 e. The highest BCUT2D eigenvalue weighted by Gasteiger charge is 2.25. The molecule has 0 atom stereocenters. The van der Waals surface area contributed by atoms with Gasteiger partial charge in [-0.1, -0.05) is 36.4 Å². The van der Waals surface area contributed by atoms with Gasteiger partial charge in [0.15, 0.2) is 0 Å². The molecule has 0 aliphatic rings. The van der Waals surface area contributed by atoms with Gasteiger partial charge in [0.25, 0.3) is 5.91 Å². The summed E-state index contributed by atoms with van der Waals surface area (Å²) in [4.78, 5) is 31.6. The molecule has 0 unspecified atom stereocenters. The van der Waals surface area contributed by atoms with Gasteiger partial charge in [-0.05, 0) is 54.8 Å². The Morgan fingerprint density at radius 1 is 0.931 bits per heavy atom. The van der Waals surface area contributed by atoms with E-state index in [9.17, 15) is 9.59 Å². The highest BCUT2D eigenvalue weighted by molar-refractivity contribution is 7.12. The average molecular weight is 427 g/mol. The minimum absolute atomic E-state index is 0.0414. The number of rotatable bonds is 8. The van der Waals surface area contributed by atoms with E-state index in [1.807, 2.05) is 66.6 Å². The van der Waals surface area contributed by atoms with E-state index in [2.05, 4.69) is 18.4 Å². The second-order valence-corrected chi connectivity index (χ2v) is 9.21. The molecule has 0 spiro atoms. The number of carbonyl (C=O) groups excluding carboxylic acids is 2. The Labute approximate surface area is 180 Å². The van der Waals surface area contributed by atoms with Gasteiger partial charge in [0, 0.05) is 17.5 Å². The highest BCUT2D eigenvalue weighted by Crippen LogP contribution is 2.20. The normalized spacial score (nSPS) is 10.9. The van der Waals surface area contributed by atoms with Crippen molar-refractivity contribution in [3.05, 3.63) is 80.2 Å². The molecule has 0 N–H and O–H groups in total. The molecule has 3 aromatic rings. The Hall–Kier alpha value is -2.44. The second-order valence-electron chi connectivity index (χ2n) is 7.27. The van der Waals surface area contributed by atoms with Gasteiger partial charge in [0.1, 0.15) is 6.54 Å². The zero-order valence-electron chi connectivity index (χ0n) is 17.0. The van der Waals surface area contributed by atoms with Crippen molar-refractivity contribution in [2.24, 2.45) is 0 Å². The summed E-state index contributed by atoms with van der Waals surface area (Å²) < 4.78 is 0. The van der Waals surface area contributed by atoms with Crippen LogP contribution in [0.25, 0.3) is 0 Å².